The molecular weight excluding hydrogens is 198 g/mol. The number of aromatic nitrogens is 3. The quantitative estimate of drug-likeness (QED) is 0.684. The van der Waals surface area contributed by atoms with Gasteiger partial charge in [-0.2, -0.15) is 0 Å². The molecule has 0 aliphatic rings. The highest BCUT2D eigenvalue weighted by atomic mass is 35.5. The smallest absolute Gasteiger partial charge is 0.133 e. The summed E-state index contributed by atoms with van der Waals surface area (Å²) in [6, 6.07) is -2.12. The molecule has 3 nitrogen and oxygen atoms in total. The van der Waals surface area contributed by atoms with Crippen LogP contribution in [0.4, 0.5) is 0 Å². The summed E-state index contributed by atoms with van der Waals surface area (Å²) in [7, 11) is 0. The standard InChI is InChI=1S/C10H8ClN3/c1-7-13-9(6-10(11)14-7)8-4-2-3-5-12-8/h2-6H,1H3/i1D3,2D,3D,4D,5D,6D. The number of halogens is 1. The maximum Gasteiger partial charge on any atom is 0.133 e. The number of pyridine rings is 1. The van der Waals surface area contributed by atoms with E-state index in [4.69, 9.17) is 22.6 Å². The third-order valence-corrected chi connectivity index (χ3v) is 1.51. The Kier molecular flexibility index (Phi) is 0.953. The number of nitrogens with zero attached hydrogens (tertiary/aromatic N) is 3. The van der Waals surface area contributed by atoms with E-state index in [2.05, 4.69) is 15.0 Å². The Morgan fingerprint density at radius 3 is 3.14 bits per heavy atom. The molecule has 0 amide bonds. The van der Waals surface area contributed by atoms with Crippen molar-refractivity contribution in [1.82, 2.24) is 15.0 Å². The summed E-state index contributed by atoms with van der Waals surface area (Å²) in [6.45, 7) is -2.68. The van der Waals surface area contributed by atoms with Crippen molar-refractivity contribution in [2.24, 2.45) is 0 Å². The van der Waals surface area contributed by atoms with E-state index in [1.807, 2.05) is 0 Å². The molecule has 0 unspecified atom stereocenters. The van der Waals surface area contributed by atoms with E-state index >= 15 is 0 Å². The lowest BCUT2D eigenvalue weighted by atomic mass is 10.2. The van der Waals surface area contributed by atoms with Crippen molar-refractivity contribution < 1.29 is 11.0 Å². The van der Waals surface area contributed by atoms with E-state index in [-0.39, 0.29) is 11.4 Å². The Morgan fingerprint density at radius 2 is 2.29 bits per heavy atom. The van der Waals surface area contributed by atoms with Crippen molar-refractivity contribution in [2.45, 2.75) is 6.85 Å². The predicted molar refractivity (Wildman–Crippen MR) is 55.0 cm³/mol. The second-order valence-corrected chi connectivity index (χ2v) is 2.62. The van der Waals surface area contributed by atoms with Crippen LogP contribution in [0, 0.1) is 6.85 Å². The second kappa shape index (κ2) is 3.72. The van der Waals surface area contributed by atoms with Crippen molar-refractivity contribution in [2.75, 3.05) is 0 Å². The summed E-state index contributed by atoms with van der Waals surface area (Å²) in [4.78, 5) is 10.8. The van der Waals surface area contributed by atoms with E-state index in [9.17, 15) is 0 Å². The molecule has 0 radical (unpaired) electrons. The van der Waals surface area contributed by atoms with Gasteiger partial charge >= 0.3 is 0 Å². The molecular formula is C10H8ClN3. The van der Waals surface area contributed by atoms with Gasteiger partial charge in [0.15, 0.2) is 0 Å². The molecule has 0 fully saturated rings. The Balaban J connectivity index is 2.81. The third kappa shape index (κ3) is 1.88. The van der Waals surface area contributed by atoms with Crippen LogP contribution >= 0.6 is 11.6 Å². The lowest BCUT2D eigenvalue weighted by Crippen LogP contribution is -1.92. The summed E-state index contributed by atoms with van der Waals surface area (Å²) < 4.78 is 60.0. The van der Waals surface area contributed by atoms with Crippen LogP contribution in [0.25, 0.3) is 11.4 Å². The summed E-state index contributed by atoms with van der Waals surface area (Å²) in [5.41, 5.74) is -0.719. The normalized spacial score (nSPS) is 19.2. The average molecular weight is 214 g/mol. The molecule has 0 atom stereocenters. The Morgan fingerprint density at radius 1 is 1.36 bits per heavy atom. The van der Waals surface area contributed by atoms with Crippen LogP contribution < -0.4 is 0 Å². The van der Waals surface area contributed by atoms with Crippen molar-refractivity contribution in [3.05, 3.63) is 41.3 Å². The van der Waals surface area contributed by atoms with Crippen molar-refractivity contribution >= 4 is 11.6 Å². The van der Waals surface area contributed by atoms with Gasteiger partial charge in [-0.15, -0.1) is 0 Å². The topological polar surface area (TPSA) is 38.7 Å². The van der Waals surface area contributed by atoms with Gasteiger partial charge in [-0.25, -0.2) is 9.97 Å². The fraction of sp³-hybridized carbons (Fsp3) is 0.100. The van der Waals surface area contributed by atoms with Gasteiger partial charge in [0.05, 0.1) is 18.2 Å². The van der Waals surface area contributed by atoms with Crippen LogP contribution in [0.15, 0.2) is 30.3 Å². The van der Waals surface area contributed by atoms with Crippen LogP contribution in [0.3, 0.4) is 0 Å². The van der Waals surface area contributed by atoms with Gasteiger partial charge in [0.25, 0.3) is 0 Å². The van der Waals surface area contributed by atoms with Gasteiger partial charge in [-0.05, 0) is 18.9 Å². The first-order valence-corrected chi connectivity index (χ1v) is 3.91. The minimum atomic E-state index is -2.68. The molecule has 70 valence electrons. The molecule has 0 N–H and O–H groups in total. The minimum Gasteiger partial charge on any atom is -0.255 e. The lowest BCUT2D eigenvalue weighted by Gasteiger charge is -2.00. The summed E-state index contributed by atoms with van der Waals surface area (Å²) in [5.74, 6) is -0.627. The first kappa shape index (κ1) is 3.59. The first-order valence-electron chi connectivity index (χ1n) is 7.53. The zero-order valence-corrected chi connectivity index (χ0v) is 7.48. The maximum atomic E-state index is 7.79. The van der Waals surface area contributed by atoms with Crippen molar-refractivity contribution in [3.8, 4) is 11.4 Å². The fourth-order valence-corrected chi connectivity index (χ4v) is 1.00. The Hall–Kier alpha value is -1.48. The fourth-order valence-electron chi connectivity index (χ4n) is 0.832. The SMILES string of the molecule is [2H]c1nc(-c2nc(C([2H])([2H])[2H])nc(Cl)c2[2H])c([2H])c([2H])c1[2H]. The van der Waals surface area contributed by atoms with Crippen molar-refractivity contribution in [1.29, 1.82) is 0 Å². The van der Waals surface area contributed by atoms with Gasteiger partial charge in [-0.3, -0.25) is 4.98 Å². The van der Waals surface area contributed by atoms with Gasteiger partial charge in [0, 0.05) is 16.3 Å². The number of hydrogen-bond donors (Lipinski definition) is 0. The highest BCUT2D eigenvalue weighted by Crippen LogP contribution is 2.16. The molecule has 14 heavy (non-hydrogen) atoms. The zero-order valence-electron chi connectivity index (χ0n) is 14.7. The summed E-state index contributed by atoms with van der Waals surface area (Å²) in [5, 5.41) is -0.440. The van der Waals surface area contributed by atoms with E-state index < -0.39 is 48.2 Å². The summed E-state index contributed by atoms with van der Waals surface area (Å²) >= 11 is 5.73. The highest BCUT2D eigenvalue weighted by Gasteiger charge is 2.02. The van der Waals surface area contributed by atoms with Gasteiger partial charge in [0.2, 0.25) is 0 Å². The molecule has 0 aliphatic heterocycles. The molecule has 2 aromatic rings. The summed E-state index contributed by atoms with van der Waals surface area (Å²) in [6.07, 6.45) is -0.583. The molecule has 2 aromatic heterocycles. The molecule has 0 aliphatic carbocycles. The highest BCUT2D eigenvalue weighted by molar-refractivity contribution is 6.29. The average Bonchev–Trinajstić information content (AvgIpc) is 2.42. The minimum absolute atomic E-state index is 0.356. The van der Waals surface area contributed by atoms with Crippen LogP contribution in [-0.4, -0.2) is 15.0 Å². The Bertz CT molecular complexity index is 761. The van der Waals surface area contributed by atoms with Gasteiger partial charge in [-0.1, -0.05) is 17.6 Å². The van der Waals surface area contributed by atoms with E-state index in [1.165, 1.54) is 0 Å². The number of hydrogen-bond acceptors (Lipinski definition) is 3. The number of rotatable bonds is 1. The molecule has 0 saturated carbocycles. The van der Waals surface area contributed by atoms with Crippen LogP contribution in [0.1, 0.15) is 16.8 Å². The molecule has 4 heteroatoms. The Labute approximate surface area is 98.1 Å². The largest absolute Gasteiger partial charge is 0.255 e. The third-order valence-electron chi connectivity index (χ3n) is 1.33. The van der Waals surface area contributed by atoms with Gasteiger partial charge in [0.1, 0.15) is 11.0 Å². The van der Waals surface area contributed by atoms with Crippen molar-refractivity contribution in [3.63, 3.8) is 0 Å². The molecule has 0 bridgehead atoms. The first-order chi connectivity index (χ1) is 10.0. The molecule has 0 spiro atoms. The maximum absolute atomic E-state index is 7.79. The van der Waals surface area contributed by atoms with E-state index in [0.717, 1.165) is 0 Å². The molecule has 2 heterocycles. The van der Waals surface area contributed by atoms with Crippen LogP contribution in [0.2, 0.25) is 5.15 Å². The number of aryl methyl sites for hydroxylation is 1. The van der Waals surface area contributed by atoms with E-state index in [0.29, 0.717) is 0 Å². The molecule has 0 aromatic carbocycles. The van der Waals surface area contributed by atoms with Crippen LogP contribution in [0.5, 0.6) is 0 Å². The van der Waals surface area contributed by atoms with E-state index in [1.54, 1.807) is 0 Å². The second-order valence-electron chi connectivity index (χ2n) is 2.26. The van der Waals surface area contributed by atoms with Crippen LogP contribution in [-0.2, 0) is 0 Å². The van der Waals surface area contributed by atoms with Gasteiger partial charge < -0.3 is 0 Å². The molecule has 0 saturated heterocycles. The predicted octanol–water partition coefficient (Wildman–Crippen LogP) is 2.50. The monoisotopic (exact) mass is 213 g/mol. The zero-order chi connectivity index (χ0) is 16.8. The molecule has 2 rings (SSSR count). The lowest BCUT2D eigenvalue weighted by molar-refractivity contribution is 1.05.